The Morgan fingerprint density at radius 1 is 1.40 bits per heavy atom. The van der Waals surface area contributed by atoms with Crippen molar-refractivity contribution >= 4 is 17.2 Å². The summed E-state index contributed by atoms with van der Waals surface area (Å²) in [6.07, 6.45) is 6.09. The summed E-state index contributed by atoms with van der Waals surface area (Å²) in [5, 5.41) is 3.19. The molecule has 4 heteroatoms. The van der Waals surface area contributed by atoms with Gasteiger partial charge in [0.15, 0.2) is 0 Å². The molecule has 0 aromatic carbocycles. The maximum absolute atomic E-state index is 12.3. The predicted octanol–water partition coefficient (Wildman–Crippen LogP) is 2.76. The number of amides is 1. The van der Waals surface area contributed by atoms with Crippen LogP contribution in [-0.4, -0.2) is 18.5 Å². The van der Waals surface area contributed by atoms with Gasteiger partial charge in [-0.25, -0.2) is 0 Å². The van der Waals surface area contributed by atoms with E-state index in [1.54, 1.807) is 0 Å². The molecule has 0 radical (unpaired) electrons. The second kappa shape index (κ2) is 7.47. The molecule has 2 atom stereocenters. The van der Waals surface area contributed by atoms with Crippen molar-refractivity contribution in [3.8, 4) is 11.8 Å². The summed E-state index contributed by atoms with van der Waals surface area (Å²) in [4.78, 5) is 13.9. The SMILES string of the molecule is CC1CCCCCC1NC(=O)c1ccc(C#CCN)s1. The highest BCUT2D eigenvalue weighted by Gasteiger charge is 2.22. The molecule has 3 N–H and O–H groups in total. The largest absolute Gasteiger partial charge is 0.348 e. The minimum Gasteiger partial charge on any atom is -0.348 e. The van der Waals surface area contributed by atoms with Gasteiger partial charge < -0.3 is 11.1 Å². The zero-order chi connectivity index (χ0) is 14.4. The van der Waals surface area contributed by atoms with Crippen LogP contribution in [0.2, 0.25) is 0 Å². The van der Waals surface area contributed by atoms with Gasteiger partial charge in [0.05, 0.1) is 16.3 Å². The first-order chi connectivity index (χ1) is 9.70. The molecule has 2 rings (SSSR count). The first kappa shape index (κ1) is 15.1. The first-order valence-electron chi connectivity index (χ1n) is 7.30. The molecule has 0 spiro atoms. The third-order valence-electron chi connectivity index (χ3n) is 3.82. The molecule has 1 fully saturated rings. The van der Waals surface area contributed by atoms with Gasteiger partial charge in [-0.05, 0) is 30.9 Å². The number of carbonyl (C=O) groups excluding carboxylic acids is 1. The average Bonchev–Trinajstić information content (AvgIpc) is 2.83. The Labute approximate surface area is 124 Å². The van der Waals surface area contributed by atoms with E-state index in [4.69, 9.17) is 5.73 Å². The highest BCUT2D eigenvalue weighted by atomic mass is 32.1. The van der Waals surface area contributed by atoms with Gasteiger partial charge in [-0.1, -0.05) is 38.0 Å². The van der Waals surface area contributed by atoms with Crippen molar-refractivity contribution in [2.45, 2.75) is 45.1 Å². The normalized spacial score (nSPS) is 22.5. The van der Waals surface area contributed by atoms with E-state index in [-0.39, 0.29) is 5.91 Å². The molecule has 0 bridgehead atoms. The number of thiophene rings is 1. The standard InChI is InChI=1S/C16H22N2OS/c1-12-6-3-2-4-8-14(12)18-16(19)15-10-9-13(20-15)7-5-11-17/h9-10,12,14H,2-4,6,8,11,17H2,1H3,(H,18,19). The van der Waals surface area contributed by atoms with Crippen molar-refractivity contribution in [2.75, 3.05) is 6.54 Å². The summed E-state index contributed by atoms with van der Waals surface area (Å²) >= 11 is 1.43. The summed E-state index contributed by atoms with van der Waals surface area (Å²) < 4.78 is 0. The molecule has 108 valence electrons. The quantitative estimate of drug-likeness (QED) is 0.650. The molecule has 2 unspecified atom stereocenters. The minimum atomic E-state index is 0.0366. The minimum absolute atomic E-state index is 0.0366. The summed E-state index contributed by atoms with van der Waals surface area (Å²) in [5.74, 6) is 6.38. The molecule has 1 aromatic rings. The van der Waals surface area contributed by atoms with Crippen LogP contribution in [0.15, 0.2) is 12.1 Å². The van der Waals surface area contributed by atoms with Crippen LogP contribution >= 0.6 is 11.3 Å². The smallest absolute Gasteiger partial charge is 0.261 e. The van der Waals surface area contributed by atoms with Crippen molar-refractivity contribution in [2.24, 2.45) is 11.7 Å². The van der Waals surface area contributed by atoms with Gasteiger partial charge in [-0.2, -0.15) is 0 Å². The van der Waals surface area contributed by atoms with Crippen LogP contribution in [0.1, 0.15) is 53.6 Å². The molecule has 3 nitrogen and oxygen atoms in total. The van der Waals surface area contributed by atoms with Crippen molar-refractivity contribution in [3.05, 3.63) is 21.9 Å². The first-order valence-corrected chi connectivity index (χ1v) is 8.12. The van der Waals surface area contributed by atoms with Crippen LogP contribution < -0.4 is 11.1 Å². The maximum Gasteiger partial charge on any atom is 0.261 e. The number of rotatable bonds is 2. The van der Waals surface area contributed by atoms with E-state index < -0.39 is 0 Å². The third-order valence-corrected chi connectivity index (χ3v) is 4.82. The lowest BCUT2D eigenvalue weighted by molar-refractivity contribution is 0.0925. The monoisotopic (exact) mass is 290 g/mol. The predicted molar refractivity (Wildman–Crippen MR) is 83.8 cm³/mol. The molecule has 1 aromatic heterocycles. The van der Waals surface area contributed by atoms with Gasteiger partial charge in [0.1, 0.15) is 0 Å². The fraction of sp³-hybridized carbons (Fsp3) is 0.562. The fourth-order valence-electron chi connectivity index (χ4n) is 2.61. The van der Waals surface area contributed by atoms with E-state index in [1.165, 1.54) is 37.0 Å². The summed E-state index contributed by atoms with van der Waals surface area (Å²) in [7, 11) is 0. The zero-order valence-corrected chi connectivity index (χ0v) is 12.8. The van der Waals surface area contributed by atoms with E-state index in [2.05, 4.69) is 24.1 Å². The van der Waals surface area contributed by atoms with Gasteiger partial charge in [-0.15, -0.1) is 11.3 Å². The van der Waals surface area contributed by atoms with Gasteiger partial charge in [0, 0.05) is 6.04 Å². The van der Waals surface area contributed by atoms with Crippen LogP contribution in [-0.2, 0) is 0 Å². The maximum atomic E-state index is 12.3. The van der Waals surface area contributed by atoms with Crippen LogP contribution in [0.4, 0.5) is 0 Å². The molecule has 1 aliphatic carbocycles. The van der Waals surface area contributed by atoms with E-state index in [9.17, 15) is 4.79 Å². The van der Waals surface area contributed by atoms with E-state index in [0.29, 0.717) is 18.5 Å². The van der Waals surface area contributed by atoms with Crippen LogP contribution in [0.25, 0.3) is 0 Å². The van der Waals surface area contributed by atoms with Crippen LogP contribution in [0.5, 0.6) is 0 Å². The molecule has 20 heavy (non-hydrogen) atoms. The topological polar surface area (TPSA) is 55.1 Å². The average molecular weight is 290 g/mol. The Morgan fingerprint density at radius 2 is 2.20 bits per heavy atom. The molecule has 1 saturated carbocycles. The number of hydrogen-bond acceptors (Lipinski definition) is 3. The zero-order valence-electron chi connectivity index (χ0n) is 11.9. The summed E-state index contributed by atoms with van der Waals surface area (Å²) in [6.45, 7) is 2.59. The lowest BCUT2D eigenvalue weighted by atomic mass is 9.97. The molecule has 1 aliphatic rings. The Kier molecular flexibility index (Phi) is 5.63. The van der Waals surface area contributed by atoms with Crippen LogP contribution in [0.3, 0.4) is 0 Å². The number of nitrogens with two attached hydrogens (primary N) is 1. The third kappa shape index (κ3) is 4.09. The van der Waals surface area contributed by atoms with Crippen molar-refractivity contribution in [1.29, 1.82) is 0 Å². The molecule has 1 amide bonds. The van der Waals surface area contributed by atoms with Crippen molar-refractivity contribution < 1.29 is 4.79 Å². The van der Waals surface area contributed by atoms with E-state index >= 15 is 0 Å². The van der Waals surface area contributed by atoms with Gasteiger partial charge in [0.2, 0.25) is 0 Å². The van der Waals surface area contributed by atoms with Crippen LogP contribution in [0, 0.1) is 17.8 Å². The Bertz CT molecular complexity index is 512. The Hall–Kier alpha value is -1.31. The lowest BCUT2D eigenvalue weighted by Crippen LogP contribution is -2.38. The van der Waals surface area contributed by atoms with Gasteiger partial charge in [-0.3, -0.25) is 4.79 Å². The molecular formula is C16H22N2OS. The van der Waals surface area contributed by atoms with E-state index in [0.717, 1.165) is 16.2 Å². The van der Waals surface area contributed by atoms with E-state index in [1.807, 2.05) is 12.1 Å². The molecule has 0 aliphatic heterocycles. The molecular weight excluding hydrogens is 268 g/mol. The Morgan fingerprint density at radius 3 is 3.00 bits per heavy atom. The number of hydrogen-bond donors (Lipinski definition) is 2. The van der Waals surface area contributed by atoms with Crippen molar-refractivity contribution in [3.63, 3.8) is 0 Å². The fourth-order valence-corrected chi connectivity index (χ4v) is 3.40. The highest BCUT2D eigenvalue weighted by molar-refractivity contribution is 7.14. The molecule has 1 heterocycles. The second-order valence-corrected chi connectivity index (χ2v) is 6.45. The Balaban J connectivity index is 1.98. The summed E-state index contributed by atoms with van der Waals surface area (Å²) in [5.41, 5.74) is 5.35. The second-order valence-electron chi connectivity index (χ2n) is 5.37. The number of carbonyl (C=O) groups is 1. The lowest BCUT2D eigenvalue weighted by Gasteiger charge is -2.22. The number of nitrogens with one attached hydrogen (secondary N) is 1. The highest BCUT2D eigenvalue weighted by Crippen LogP contribution is 2.24. The van der Waals surface area contributed by atoms with Gasteiger partial charge in [0.25, 0.3) is 5.91 Å². The summed E-state index contributed by atoms with van der Waals surface area (Å²) in [6, 6.07) is 4.05. The van der Waals surface area contributed by atoms with Crippen molar-refractivity contribution in [1.82, 2.24) is 5.32 Å². The van der Waals surface area contributed by atoms with Gasteiger partial charge >= 0.3 is 0 Å². The molecule has 0 saturated heterocycles.